The van der Waals surface area contributed by atoms with Crippen molar-refractivity contribution in [1.29, 1.82) is 10.5 Å². The maximum Gasteiger partial charge on any atom is 0.155 e. The third-order valence-electron chi connectivity index (χ3n) is 3.29. The van der Waals surface area contributed by atoms with E-state index in [1.165, 1.54) is 18.2 Å². The Kier molecular flexibility index (Phi) is 4.70. The molecular formula is C16H12ClFN4. The van der Waals surface area contributed by atoms with E-state index in [1.807, 2.05) is 13.8 Å². The first-order valence-corrected chi connectivity index (χ1v) is 6.98. The average Bonchev–Trinajstić information content (AvgIpc) is 2.50. The quantitative estimate of drug-likeness (QED) is 0.860. The maximum atomic E-state index is 13.4. The van der Waals surface area contributed by atoms with Crippen LogP contribution in [-0.2, 0) is 0 Å². The number of aromatic nitrogens is 2. The second kappa shape index (κ2) is 6.51. The largest absolute Gasteiger partial charge is 0.206 e. The summed E-state index contributed by atoms with van der Waals surface area (Å²) in [4.78, 5) is 0. The molecule has 0 N–H and O–H groups in total. The molecule has 110 valence electrons. The number of nitrogens with zero attached hydrogens (tertiary/aromatic N) is 4. The van der Waals surface area contributed by atoms with E-state index in [-0.39, 0.29) is 11.5 Å². The number of benzene rings is 1. The van der Waals surface area contributed by atoms with Crippen LogP contribution in [-0.4, -0.2) is 10.2 Å². The smallest absolute Gasteiger partial charge is 0.155 e. The Balaban J connectivity index is 2.52. The molecule has 1 unspecified atom stereocenters. The second-order valence-electron chi connectivity index (χ2n) is 5.08. The molecule has 0 amide bonds. The van der Waals surface area contributed by atoms with E-state index in [4.69, 9.17) is 16.9 Å². The van der Waals surface area contributed by atoms with Crippen LogP contribution in [0.4, 0.5) is 4.39 Å². The van der Waals surface area contributed by atoms with E-state index >= 15 is 0 Å². The zero-order valence-corrected chi connectivity index (χ0v) is 12.8. The van der Waals surface area contributed by atoms with Gasteiger partial charge in [-0.05, 0) is 35.2 Å². The second-order valence-corrected chi connectivity index (χ2v) is 5.44. The molecule has 1 atom stereocenters. The van der Waals surface area contributed by atoms with Crippen molar-refractivity contribution in [2.75, 3.05) is 0 Å². The van der Waals surface area contributed by atoms with Crippen LogP contribution in [0.25, 0.3) is 0 Å². The highest BCUT2D eigenvalue weighted by molar-refractivity contribution is 6.30. The number of hydrogen-bond acceptors (Lipinski definition) is 4. The highest BCUT2D eigenvalue weighted by Gasteiger charge is 2.20. The minimum atomic E-state index is -0.741. The first-order valence-electron chi connectivity index (χ1n) is 6.60. The summed E-state index contributed by atoms with van der Waals surface area (Å²) < 4.78 is 13.4. The van der Waals surface area contributed by atoms with Gasteiger partial charge >= 0.3 is 0 Å². The standard InChI is InChI=1S/C16H12ClFN4/c1-9(2)12-6-15(21-22-16(12)17)13(8-20)10-3-4-14(18)11(5-10)7-19/h3-6,9,13H,1-2H3. The third-order valence-corrected chi connectivity index (χ3v) is 3.58. The van der Waals surface area contributed by atoms with Crippen LogP contribution in [0.15, 0.2) is 24.3 Å². The Bertz CT molecular complexity index is 790. The molecule has 6 heteroatoms. The molecule has 0 spiro atoms. The molecule has 0 saturated carbocycles. The summed E-state index contributed by atoms with van der Waals surface area (Å²) in [6.45, 7) is 3.92. The van der Waals surface area contributed by atoms with Gasteiger partial charge in [0.2, 0.25) is 0 Å². The molecule has 1 aromatic heterocycles. The summed E-state index contributed by atoms with van der Waals surface area (Å²) in [7, 11) is 0. The Hall–Kier alpha value is -2.50. The lowest BCUT2D eigenvalue weighted by Crippen LogP contribution is -2.06. The molecule has 22 heavy (non-hydrogen) atoms. The summed E-state index contributed by atoms with van der Waals surface area (Å²) in [5.41, 5.74) is 1.59. The topological polar surface area (TPSA) is 73.4 Å². The lowest BCUT2D eigenvalue weighted by Gasteiger charge is -2.13. The van der Waals surface area contributed by atoms with E-state index in [1.54, 1.807) is 12.1 Å². The van der Waals surface area contributed by atoms with Crippen LogP contribution >= 0.6 is 11.6 Å². The van der Waals surface area contributed by atoms with Gasteiger partial charge in [0.05, 0.1) is 17.3 Å². The van der Waals surface area contributed by atoms with Gasteiger partial charge in [-0.2, -0.15) is 15.6 Å². The number of hydrogen-bond donors (Lipinski definition) is 0. The fourth-order valence-electron chi connectivity index (χ4n) is 2.07. The van der Waals surface area contributed by atoms with Crippen LogP contribution in [0.2, 0.25) is 5.15 Å². The molecule has 0 saturated heterocycles. The molecule has 0 aliphatic heterocycles. The highest BCUT2D eigenvalue weighted by atomic mass is 35.5. The van der Waals surface area contributed by atoms with Gasteiger partial charge in [0.1, 0.15) is 17.8 Å². The van der Waals surface area contributed by atoms with Crippen molar-refractivity contribution in [2.24, 2.45) is 0 Å². The van der Waals surface area contributed by atoms with Crippen molar-refractivity contribution in [3.05, 3.63) is 57.6 Å². The van der Waals surface area contributed by atoms with Crippen molar-refractivity contribution < 1.29 is 4.39 Å². The van der Waals surface area contributed by atoms with E-state index in [2.05, 4.69) is 16.3 Å². The zero-order valence-electron chi connectivity index (χ0n) is 12.0. The van der Waals surface area contributed by atoms with Crippen LogP contribution in [0.1, 0.15) is 48.1 Å². The fraction of sp³-hybridized carbons (Fsp3) is 0.250. The van der Waals surface area contributed by atoms with Gasteiger partial charge in [-0.3, -0.25) is 0 Å². The molecule has 2 aromatic rings. The third kappa shape index (κ3) is 3.05. The van der Waals surface area contributed by atoms with Crippen molar-refractivity contribution in [3.63, 3.8) is 0 Å². The first-order chi connectivity index (χ1) is 10.5. The Labute approximate surface area is 132 Å². The van der Waals surface area contributed by atoms with Crippen molar-refractivity contribution in [2.45, 2.75) is 25.7 Å². The van der Waals surface area contributed by atoms with Crippen molar-refractivity contribution in [1.82, 2.24) is 10.2 Å². The summed E-state index contributed by atoms with van der Waals surface area (Å²) in [5.74, 6) is -1.23. The van der Waals surface area contributed by atoms with Gasteiger partial charge in [0.15, 0.2) is 5.15 Å². The molecular weight excluding hydrogens is 303 g/mol. The summed E-state index contributed by atoms with van der Waals surface area (Å²) in [5, 5.41) is 26.5. The summed E-state index contributed by atoms with van der Waals surface area (Å²) in [6, 6.07) is 9.60. The Morgan fingerprint density at radius 2 is 1.91 bits per heavy atom. The van der Waals surface area contributed by atoms with Crippen LogP contribution in [0.5, 0.6) is 0 Å². The van der Waals surface area contributed by atoms with Crippen LogP contribution in [0.3, 0.4) is 0 Å². The summed E-state index contributed by atoms with van der Waals surface area (Å²) in [6.07, 6.45) is 0. The number of rotatable bonds is 3. The van der Waals surface area contributed by atoms with Gasteiger partial charge in [0, 0.05) is 0 Å². The Morgan fingerprint density at radius 1 is 1.18 bits per heavy atom. The average molecular weight is 315 g/mol. The normalized spacial score (nSPS) is 11.8. The van der Waals surface area contributed by atoms with E-state index in [0.717, 1.165) is 5.56 Å². The van der Waals surface area contributed by atoms with Crippen molar-refractivity contribution in [3.8, 4) is 12.1 Å². The predicted molar refractivity (Wildman–Crippen MR) is 79.7 cm³/mol. The fourth-order valence-corrected chi connectivity index (χ4v) is 2.38. The van der Waals surface area contributed by atoms with Gasteiger partial charge < -0.3 is 0 Å². The molecule has 0 aliphatic rings. The number of nitriles is 2. The summed E-state index contributed by atoms with van der Waals surface area (Å²) >= 11 is 6.00. The monoisotopic (exact) mass is 314 g/mol. The SMILES string of the molecule is CC(C)c1cc(C(C#N)c2ccc(F)c(C#N)c2)nnc1Cl. The highest BCUT2D eigenvalue weighted by Crippen LogP contribution is 2.28. The molecule has 0 fully saturated rings. The van der Waals surface area contributed by atoms with Gasteiger partial charge in [-0.25, -0.2) is 4.39 Å². The van der Waals surface area contributed by atoms with Crippen LogP contribution < -0.4 is 0 Å². The predicted octanol–water partition coefficient (Wildman–Crippen LogP) is 3.92. The molecule has 2 rings (SSSR count). The van der Waals surface area contributed by atoms with E-state index in [0.29, 0.717) is 16.4 Å². The van der Waals surface area contributed by atoms with Gasteiger partial charge in [-0.15, -0.1) is 5.10 Å². The lowest BCUT2D eigenvalue weighted by atomic mass is 9.93. The van der Waals surface area contributed by atoms with Crippen LogP contribution in [0, 0.1) is 28.5 Å². The Morgan fingerprint density at radius 3 is 2.50 bits per heavy atom. The van der Waals surface area contributed by atoms with Gasteiger partial charge in [-0.1, -0.05) is 31.5 Å². The zero-order chi connectivity index (χ0) is 16.3. The minimum absolute atomic E-state index is 0.108. The number of halogens is 2. The molecule has 0 aliphatic carbocycles. The maximum absolute atomic E-state index is 13.4. The van der Waals surface area contributed by atoms with E-state index < -0.39 is 11.7 Å². The molecule has 0 bridgehead atoms. The molecule has 4 nitrogen and oxygen atoms in total. The van der Waals surface area contributed by atoms with E-state index in [9.17, 15) is 9.65 Å². The lowest BCUT2D eigenvalue weighted by molar-refractivity contribution is 0.623. The first kappa shape index (κ1) is 15.9. The molecule has 1 heterocycles. The minimum Gasteiger partial charge on any atom is -0.206 e. The molecule has 0 radical (unpaired) electrons. The van der Waals surface area contributed by atoms with Crippen molar-refractivity contribution >= 4 is 11.6 Å². The van der Waals surface area contributed by atoms with Gasteiger partial charge in [0.25, 0.3) is 0 Å². The molecule has 1 aromatic carbocycles.